The van der Waals surface area contributed by atoms with E-state index in [1.54, 1.807) is 29.2 Å². The highest BCUT2D eigenvalue weighted by atomic mass is 32.2. The quantitative estimate of drug-likeness (QED) is 0.649. The topological polar surface area (TPSA) is 66.9 Å². The predicted octanol–water partition coefficient (Wildman–Crippen LogP) is 2.75. The average Bonchev–Trinajstić information content (AvgIpc) is 2.78. The molecule has 0 bridgehead atoms. The number of rotatable bonds is 5. The molecule has 0 radical (unpaired) electrons. The number of piperazine rings is 1. The van der Waals surface area contributed by atoms with Crippen molar-refractivity contribution in [3.63, 3.8) is 0 Å². The van der Waals surface area contributed by atoms with E-state index >= 15 is 0 Å². The first-order valence-corrected chi connectivity index (χ1v) is 10.9. The Balaban J connectivity index is 1.38. The lowest BCUT2D eigenvalue weighted by Crippen LogP contribution is -2.51. The Bertz CT molecular complexity index is 1110. The molecule has 7 heteroatoms. The first-order chi connectivity index (χ1) is 14.0. The van der Waals surface area contributed by atoms with Gasteiger partial charge in [0.2, 0.25) is 10.0 Å². The number of nitrogens with zero attached hydrogens (tertiary/aromatic N) is 2. The monoisotopic (exact) mass is 410 g/mol. The Morgan fingerprint density at radius 3 is 2.21 bits per heavy atom. The number of carbonyl (C=O) groups excluding carboxylic acids is 1. The minimum Gasteiger partial charge on any atom is -0.484 e. The molecule has 4 rings (SSSR count). The maximum atomic E-state index is 13.0. The molecular formula is C22H22N2O4S. The normalized spacial score (nSPS) is 15.4. The van der Waals surface area contributed by atoms with Crippen molar-refractivity contribution in [3.05, 3.63) is 72.8 Å². The number of carbonyl (C=O) groups is 1. The van der Waals surface area contributed by atoms with E-state index in [1.807, 2.05) is 48.5 Å². The van der Waals surface area contributed by atoms with Crippen LogP contribution in [0.2, 0.25) is 0 Å². The van der Waals surface area contributed by atoms with Gasteiger partial charge in [0.25, 0.3) is 5.91 Å². The van der Waals surface area contributed by atoms with Gasteiger partial charge in [-0.2, -0.15) is 4.31 Å². The SMILES string of the molecule is O=C(COc1ccccc1)N1CCN(S(=O)(=O)c2ccc3ccccc3c2)CC1. The van der Waals surface area contributed by atoms with Crippen LogP contribution < -0.4 is 4.74 Å². The van der Waals surface area contributed by atoms with Gasteiger partial charge in [0, 0.05) is 26.2 Å². The van der Waals surface area contributed by atoms with Crippen molar-refractivity contribution in [1.82, 2.24) is 9.21 Å². The number of hydrogen-bond donors (Lipinski definition) is 0. The van der Waals surface area contributed by atoms with Crippen molar-refractivity contribution >= 4 is 26.7 Å². The van der Waals surface area contributed by atoms with Crippen molar-refractivity contribution < 1.29 is 17.9 Å². The zero-order valence-electron chi connectivity index (χ0n) is 15.9. The van der Waals surface area contributed by atoms with E-state index in [2.05, 4.69) is 0 Å². The van der Waals surface area contributed by atoms with Crippen LogP contribution in [-0.2, 0) is 14.8 Å². The molecule has 0 aromatic heterocycles. The van der Waals surface area contributed by atoms with Crippen molar-refractivity contribution in [2.24, 2.45) is 0 Å². The first kappa shape index (κ1) is 19.4. The van der Waals surface area contributed by atoms with Crippen molar-refractivity contribution in [3.8, 4) is 5.75 Å². The molecule has 0 saturated carbocycles. The fourth-order valence-electron chi connectivity index (χ4n) is 3.41. The summed E-state index contributed by atoms with van der Waals surface area (Å²) in [6.07, 6.45) is 0. The smallest absolute Gasteiger partial charge is 0.260 e. The van der Waals surface area contributed by atoms with Crippen LogP contribution in [-0.4, -0.2) is 56.3 Å². The van der Waals surface area contributed by atoms with Crippen molar-refractivity contribution in [1.29, 1.82) is 0 Å². The highest BCUT2D eigenvalue weighted by Crippen LogP contribution is 2.23. The summed E-state index contributed by atoms with van der Waals surface area (Å²) in [5.41, 5.74) is 0. The molecule has 150 valence electrons. The molecule has 3 aromatic carbocycles. The molecule has 0 N–H and O–H groups in total. The Kier molecular flexibility index (Phi) is 5.51. The number of benzene rings is 3. The van der Waals surface area contributed by atoms with E-state index in [0.717, 1.165) is 10.8 Å². The van der Waals surface area contributed by atoms with Gasteiger partial charge in [0.1, 0.15) is 5.75 Å². The van der Waals surface area contributed by atoms with Crippen LogP contribution in [0.4, 0.5) is 0 Å². The fraction of sp³-hybridized carbons (Fsp3) is 0.227. The Morgan fingerprint density at radius 2 is 1.48 bits per heavy atom. The van der Waals surface area contributed by atoms with Gasteiger partial charge in [0.15, 0.2) is 6.61 Å². The summed E-state index contributed by atoms with van der Waals surface area (Å²) < 4.78 is 33.0. The van der Waals surface area contributed by atoms with E-state index in [9.17, 15) is 13.2 Å². The predicted molar refractivity (Wildman–Crippen MR) is 111 cm³/mol. The van der Waals surface area contributed by atoms with E-state index < -0.39 is 10.0 Å². The van der Waals surface area contributed by atoms with Gasteiger partial charge >= 0.3 is 0 Å². The van der Waals surface area contributed by atoms with Gasteiger partial charge in [0.05, 0.1) is 4.90 Å². The largest absolute Gasteiger partial charge is 0.484 e. The highest BCUT2D eigenvalue weighted by Gasteiger charge is 2.30. The summed E-state index contributed by atoms with van der Waals surface area (Å²) in [6.45, 7) is 1.19. The van der Waals surface area contributed by atoms with Gasteiger partial charge < -0.3 is 9.64 Å². The Hall–Kier alpha value is -2.90. The molecule has 1 heterocycles. The average molecular weight is 410 g/mol. The molecule has 1 aliphatic rings. The Morgan fingerprint density at radius 1 is 0.828 bits per heavy atom. The van der Waals surface area contributed by atoms with E-state index in [0.29, 0.717) is 18.8 Å². The number of hydrogen-bond acceptors (Lipinski definition) is 4. The lowest BCUT2D eigenvalue weighted by atomic mass is 10.1. The van der Waals surface area contributed by atoms with E-state index in [1.165, 1.54) is 4.31 Å². The van der Waals surface area contributed by atoms with E-state index in [4.69, 9.17) is 4.74 Å². The second-order valence-corrected chi connectivity index (χ2v) is 8.83. The van der Waals surface area contributed by atoms with Crippen LogP contribution in [0.3, 0.4) is 0 Å². The highest BCUT2D eigenvalue weighted by molar-refractivity contribution is 7.89. The van der Waals surface area contributed by atoms with Gasteiger partial charge in [-0.3, -0.25) is 4.79 Å². The third-order valence-corrected chi connectivity index (χ3v) is 6.95. The molecule has 0 atom stereocenters. The maximum absolute atomic E-state index is 13.0. The number of para-hydroxylation sites is 1. The second kappa shape index (κ2) is 8.23. The van der Waals surface area contributed by atoms with Crippen molar-refractivity contribution in [2.45, 2.75) is 4.90 Å². The molecule has 0 unspecified atom stereocenters. The fourth-order valence-corrected chi connectivity index (χ4v) is 4.87. The Labute approximate surface area is 170 Å². The summed E-state index contributed by atoms with van der Waals surface area (Å²) in [4.78, 5) is 14.3. The summed E-state index contributed by atoms with van der Waals surface area (Å²) >= 11 is 0. The third kappa shape index (κ3) is 4.26. The number of sulfonamides is 1. The summed E-state index contributed by atoms with van der Waals surface area (Å²) in [7, 11) is -3.59. The summed E-state index contributed by atoms with van der Waals surface area (Å²) in [5.74, 6) is 0.495. The van der Waals surface area contributed by atoms with Gasteiger partial charge in [-0.05, 0) is 35.0 Å². The maximum Gasteiger partial charge on any atom is 0.260 e. The van der Waals surface area contributed by atoms with Crippen LogP contribution >= 0.6 is 0 Å². The molecule has 29 heavy (non-hydrogen) atoms. The number of ether oxygens (including phenoxy) is 1. The molecule has 3 aromatic rings. The molecule has 1 fully saturated rings. The van der Waals surface area contributed by atoms with Crippen LogP contribution in [0, 0.1) is 0 Å². The minimum atomic E-state index is -3.59. The summed E-state index contributed by atoms with van der Waals surface area (Å²) in [5, 5.41) is 1.89. The zero-order chi connectivity index (χ0) is 20.3. The molecular weight excluding hydrogens is 388 g/mol. The lowest BCUT2D eigenvalue weighted by Gasteiger charge is -2.34. The van der Waals surface area contributed by atoms with Crippen LogP contribution in [0.5, 0.6) is 5.75 Å². The molecule has 1 aliphatic heterocycles. The van der Waals surface area contributed by atoms with Crippen molar-refractivity contribution in [2.75, 3.05) is 32.8 Å². The third-order valence-electron chi connectivity index (χ3n) is 5.06. The molecule has 6 nitrogen and oxygen atoms in total. The van der Waals surface area contributed by atoms with Crippen LogP contribution in [0.25, 0.3) is 10.8 Å². The zero-order valence-corrected chi connectivity index (χ0v) is 16.7. The van der Waals surface area contributed by atoms with Gasteiger partial charge in [-0.1, -0.05) is 48.5 Å². The van der Waals surface area contributed by atoms with E-state index in [-0.39, 0.29) is 30.5 Å². The number of fused-ring (bicyclic) bond motifs is 1. The lowest BCUT2D eigenvalue weighted by molar-refractivity contribution is -0.134. The number of amides is 1. The van der Waals surface area contributed by atoms with Gasteiger partial charge in [-0.15, -0.1) is 0 Å². The first-order valence-electron chi connectivity index (χ1n) is 9.49. The molecule has 0 aliphatic carbocycles. The second-order valence-electron chi connectivity index (χ2n) is 6.90. The standard InChI is InChI=1S/C22H22N2O4S/c25-22(17-28-20-8-2-1-3-9-20)23-12-14-24(15-13-23)29(26,27)21-11-10-18-6-4-5-7-19(18)16-21/h1-11,16H,12-15,17H2. The summed E-state index contributed by atoms with van der Waals surface area (Å²) in [6, 6.07) is 22.0. The van der Waals surface area contributed by atoms with Crippen LogP contribution in [0.1, 0.15) is 0 Å². The minimum absolute atomic E-state index is 0.0541. The van der Waals surface area contributed by atoms with Crippen LogP contribution in [0.15, 0.2) is 77.7 Å². The molecule has 1 amide bonds. The molecule has 0 spiro atoms. The molecule has 1 saturated heterocycles. The van der Waals surface area contributed by atoms with Gasteiger partial charge in [-0.25, -0.2) is 8.42 Å².